The Hall–Kier alpha value is -3.54. The predicted octanol–water partition coefficient (Wildman–Crippen LogP) is 3.48. The van der Waals surface area contributed by atoms with E-state index in [1.54, 1.807) is 50.2 Å². The minimum absolute atomic E-state index is 0.216. The van der Waals surface area contributed by atoms with Crippen molar-refractivity contribution in [3.63, 3.8) is 0 Å². The first-order valence-electron chi connectivity index (χ1n) is 7.74. The second kappa shape index (κ2) is 7.57. The van der Waals surface area contributed by atoms with E-state index in [2.05, 4.69) is 13.2 Å². The van der Waals surface area contributed by atoms with Gasteiger partial charge < -0.3 is 20.9 Å². The fourth-order valence-corrected chi connectivity index (χ4v) is 1.98. The van der Waals surface area contributed by atoms with Crippen LogP contribution < -0.4 is 20.9 Å². The summed E-state index contributed by atoms with van der Waals surface area (Å²) >= 11 is 0. The highest BCUT2D eigenvalue weighted by molar-refractivity contribution is 5.91. The summed E-state index contributed by atoms with van der Waals surface area (Å²) in [6.07, 6.45) is 0. The fraction of sp³-hybridized carbons (Fsp3) is 0.100. The van der Waals surface area contributed by atoms with Crippen molar-refractivity contribution >= 4 is 23.3 Å². The van der Waals surface area contributed by atoms with Crippen molar-refractivity contribution in [3.05, 3.63) is 60.7 Å². The lowest BCUT2D eigenvalue weighted by Gasteiger charge is -2.12. The summed E-state index contributed by atoms with van der Waals surface area (Å²) in [5.74, 6) is -0.704. The molecule has 134 valence electrons. The summed E-state index contributed by atoms with van der Waals surface area (Å²) in [6.45, 7) is 10.2. The molecular weight excluding hydrogens is 332 g/mol. The quantitative estimate of drug-likeness (QED) is 0.369. The van der Waals surface area contributed by atoms with Crippen LogP contribution in [0.3, 0.4) is 0 Å². The van der Waals surface area contributed by atoms with Crippen LogP contribution in [0.2, 0.25) is 0 Å². The first kappa shape index (κ1) is 18.8. The van der Waals surface area contributed by atoms with Gasteiger partial charge in [0.2, 0.25) is 0 Å². The zero-order valence-electron chi connectivity index (χ0n) is 14.7. The van der Waals surface area contributed by atoms with Crippen LogP contribution in [-0.4, -0.2) is 11.9 Å². The zero-order chi connectivity index (χ0) is 19.4. The molecule has 4 N–H and O–H groups in total. The van der Waals surface area contributed by atoms with Crippen LogP contribution in [0.25, 0.3) is 11.1 Å². The monoisotopic (exact) mass is 352 g/mol. The predicted molar refractivity (Wildman–Crippen MR) is 102 cm³/mol. The third kappa shape index (κ3) is 4.30. The Morgan fingerprint density at radius 1 is 0.769 bits per heavy atom. The number of nitrogen functional groups attached to an aromatic ring is 2. The van der Waals surface area contributed by atoms with Gasteiger partial charge in [0.05, 0.1) is 11.4 Å². The fourth-order valence-electron chi connectivity index (χ4n) is 1.98. The largest absolute Gasteiger partial charge is 0.421 e. The van der Waals surface area contributed by atoms with E-state index in [1.165, 1.54) is 0 Å². The summed E-state index contributed by atoms with van der Waals surface area (Å²) in [4.78, 5) is 23.5. The highest BCUT2D eigenvalue weighted by Crippen LogP contribution is 2.33. The third-order valence-electron chi connectivity index (χ3n) is 3.46. The van der Waals surface area contributed by atoms with Crippen LogP contribution in [-0.2, 0) is 9.59 Å². The number of anilines is 2. The van der Waals surface area contributed by atoms with Gasteiger partial charge in [0.25, 0.3) is 0 Å². The molecule has 0 amide bonds. The lowest BCUT2D eigenvalue weighted by molar-refractivity contribution is -0.130. The van der Waals surface area contributed by atoms with Gasteiger partial charge in [0.15, 0.2) is 11.5 Å². The molecule has 2 rings (SSSR count). The standard InChI is InChI=1S/C20H20N2O4/c1-11(2)19(23)25-17-9-13(5-7-15(17)21)14-6-8-16(22)18(10-14)26-20(24)12(3)4/h5-10H,1,3,21-22H2,2,4H3. The first-order valence-corrected chi connectivity index (χ1v) is 7.74. The number of rotatable bonds is 5. The van der Waals surface area contributed by atoms with Crippen LogP contribution in [0.15, 0.2) is 60.7 Å². The lowest BCUT2D eigenvalue weighted by atomic mass is 10.0. The van der Waals surface area contributed by atoms with Crippen molar-refractivity contribution in [2.45, 2.75) is 13.8 Å². The molecule has 0 aromatic heterocycles. The number of hydrogen-bond acceptors (Lipinski definition) is 6. The van der Waals surface area contributed by atoms with E-state index in [0.29, 0.717) is 22.5 Å². The Morgan fingerprint density at radius 3 is 1.42 bits per heavy atom. The van der Waals surface area contributed by atoms with Crippen LogP contribution in [0.1, 0.15) is 13.8 Å². The molecule has 0 aliphatic heterocycles. The number of esters is 2. The van der Waals surface area contributed by atoms with E-state index in [0.717, 1.165) is 0 Å². The third-order valence-corrected chi connectivity index (χ3v) is 3.46. The summed E-state index contributed by atoms with van der Waals surface area (Å²) < 4.78 is 10.5. The van der Waals surface area contributed by atoms with Crippen molar-refractivity contribution in [3.8, 4) is 22.6 Å². The Labute approximate surface area is 151 Å². The van der Waals surface area contributed by atoms with Crippen LogP contribution in [0.5, 0.6) is 11.5 Å². The number of hydrogen-bond donors (Lipinski definition) is 2. The molecule has 0 atom stereocenters. The first-order chi connectivity index (χ1) is 12.2. The minimum Gasteiger partial charge on any atom is -0.421 e. The SMILES string of the molecule is C=C(C)C(=O)Oc1cc(-c2ccc(N)c(OC(=O)C(=C)C)c2)ccc1N. The van der Waals surface area contributed by atoms with Gasteiger partial charge in [-0.3, -0.25) is 0 Å². The van der Waals surface area contributed by atoms with Gasteiger partial charge in [-0.2, -0.15) is 0 Å². The van der Waals surface area contributed by atoms with Gasteiger partial charge in [-0.25, -0.2) is 9.59 Å². The van der Waals surface area contributed by atoms with Crippen molar-refractivity contribution in [1.82, 2.24) is 0 Å². The second-order valence-corrected chi connectivity index (χ2v) is 5.84. The summed E-state index contributed by atoms with van der Waals surface area (Å²) in [5, 5.41) is 0. The molecule has 0 bridgehead atoms. The van der Waals surface area contributed by atoms with Gasteiger partial charge >= 0.3 is 11.9 Å². The van der Waals surface area contributed by atoms with E-state index >= 15 is 0 Å². The zero-order valence-corrected chi connectivity index (χ0v) is 14.7. The van der Waals surface area contributed by atoms with Gasteiger partial charge in [0, 0.05) is 11.1 Å². The van der Waals surface area contributed by atoms with Crippen molar-refractivity contribution in [2.24, 2.45) is 0 Å². The van der Waals surface area contributed by atoms with Crippen molar-refractivity contribution < 1.29 is 19.1 Å². The Morgan fingerprint density at radius 2 is 1.12 bits per heavy atom. The minimum atomic E-state index is -0.567. The summed E-state index contributed by atoms with van der Waals surface area (Å²) in [7, 11) is 0. The maximum absolute atomic E-state index is 11.7. The normalized spacial score (nSPS) is 10.1. The number of benzene rings is 2. The van der Waals surface area contributed by atoms with Crippen molar-refractivity contribution in [2.75, 3.05) is 11.5 Å². The molecule has 0 heterocycles. The van der Waals surface area contributed by atoms with Crippen LogP contribution >= 0.6 is 0 Å². The summed E-state index contributed by atoms with van der Waals surface area (Å²) in [5.41, 5.74) is 14.3. The van der Waals surface area contributed by atoms with E-state index < -0.39 is 11.9 Å². The van der Waals surface area contributed by atoms with Gasteiger partial charge in [-0.05, 0) is 49.2 Å². The molecule has 6 heteroatoms. The molecule has 0 fully saturated rings. The molecule has 26 heavy (non-hydrogen) atoms. The average Bonchev–Trinajstić information content (AvgIpc) is 2.58. The Balaban J connectivity index is 2.39. The Kier molecular flexibility index (Phi) is 5.47. The molecule has 0 aliphatic carbocycles. The molecule has 0 aliphatic rings. The van der Waals surface area contributed by atoms with Gasteiger partial charge in [-0.1, -0.05) is 25.3 Å². The number of carbonyl (C=O) groups is 2. The smallest absolute Gasteiger partial charge is 0.338 e. The number of nitrogens with two attached hydrogens (primary N) is 2. The van der Waals surface area contributed by atoms with Gasteiger partial charge in [0.1, 0.15) is 0 Å². The molecule has 6 nitrogen and oxygen atoms in total. The molecule has 0 saturated carbocycles. The van der Waals surface area contributed by atoms with Gasteiger partial charge in [-0.15, -0.1) is 0 Å². The number of ether oxygens (including phenoxy) is 2. The van der Waals surface area contributed by atoms with Crippen LogP contribution in [0.4, 0.5) is 11.4 Å². The van der Waals surface area contributed by atoms with E-state index in [4.69, 9.17) is 20.9 Å². The van der Waals surface area contributed by atoms with E-state index in [1.807, 2.05) is 0 Å². The van der Waals surface area contributed by atoms with E-state index in [-0.39, 0.29) is 22.6 Å². The number of carbonyl (C=O) groups excluding carboxylic acids is 2. The molecule has 0 saturated heterocycles. The maximum Gasteiger partial charge on any atom is 0.338 e. The molecule has 0 spiro atoms. The van der Waals surface area contributed by atoms with Crippen molar-refractivity contribution in [1.29, 1.82) is 0 Å². The van der Waals surface area contributed by atoms with E-state index in [9.17, 15) is 9.59 Å². The topological polar surface area (TPSA) is 105 Å². The summed E-state index contributed by atoms with van der Waals surface area (Å²) in [6, 6.07) is 9.98. The highest BCUT2D eigenvalue weighted by atomic mass is 16.5. The second-order valence-electron chi connectivity index (χ2n) is 5.84. The molecule has 2 aromatic carbocycles. The molecule has 0 radical (unpaired) electrons. The average molecular weight is 352 g/mol. The van der Waals surface area contributed by atoms with Crippen LogP contribution in [0, 0.1) is 0 Å². The molecule has 0 unspecified atom stereocenters. The molecular formula is C20H20N2O4. The maximum atomic E-state index is 11.7. The molecule has 2 aromatic rings. The highest BCUT2D eigenvalue weighted by Gasteiger charge is 2.13. The lowest BCUT2D eigenvalue weighted by Crippen LogP contribution is -2.10. The Bertz CT molecular complexity index is 841.